The molecule has 1 N–H and O–H groups in total. The molecule has 0 fully saturated rings. The lowest BCUT2D eigenvalue weighted by molar-refractivity contribution is 0.0698. The van der Waals surface area contributed by atoms with Crippen LogP contribution in [0, 0.1) is 11.6 Å². The molecule has 2 aromatic rings. The number of aliphatic imine (C=N–C) groups is 1. The van der Waals surface area contributed by atoms with E-state index in [1.54, 1.807) is 12.1 Å². The maximum atomic E-state index is 13.0. The van der Waals surface area contributed by atoms with Crippen molar-refractivity contribution in [2.24, 2.45) is 4.99 Å². The van der Waals surface area contributed by atoms with Crippen LogP contribution in [-0.2, 0) is 0 Å². The molecule has 5 heteroatoms. The van der Waals surface area contributed by atoms with E-state index in [1.807, 2.05) is 0 Å². The number of rotatable bonds is 3. The van der Waals surface area contributed by atoms with Gasteiger partial charge in [-0.25, -0.2) is 13.6 Å². The molecule has 0 amide bonds. The average molecular weight is 261 g/mol. The molecular weight excluding hydrogens is 252 g/mol. The summed E-state index contributed by atoms with van der Waals surface area (Å²) in [4.78, 5) is 14.9. The van der Waals surface area contributed by atoms with Gasteiger partial charge in [0.25, 0.3) is 0 Å². The predicted octanol–water partition coefficient (Wildman–Crippen LogP) is 3.41. The third kappa shape index (κ3) is 3.01. The van der Waals surface area contributed by atoms with Gasteiger partial charge in [0.05, 0.1) is 11.3 Å². The molecule has 0 bridgehead atoms. The number of carboxylic acid groups (broad SMARTS) is 1. The normalized spacial score (nSPS) is 10.8. The van der Waals surface area contributed by atoms with Gasteiger partial charge in [0, 0.05) is 6.21 Å². The number of hydrogen-bond acceptors (Lipinski definition) is 2. The first-order chi connectivity index (χ1) is 9.08. The molecule has 0 unspecified atom stereocenters. The summed E-state index contributed by atoms with van der Waals surface area (Å²) < 4.78 is 25.7. The van der Waals surface area contributed by atoms with Crippen molar-refractivity contribution in [3.05, 3.63) is 65.2 Å². The van der Waals surface area contributed by atoms with Crippen LogP contribution in [0.15, 0.2) is 47.5 Å². The van der Waals surface area contributed by atoms with Crippen molar-refractivity contribution in [1.29, 1.82) is 0 Å². The first-order valence-corrected chi connectivity index (χ1v) is 5.39. The standard InChI is InChI=1S/C14H9F2NO2/c15-11-6-5-9(7-12(11)16)8-17-13-4-2-1-3-10(13)14(18)19/h1-8H,(H,18,19). The van der Waals surface area contributed by atoms with Crippen LogP contribution in [0.4, 0.5) is 14.5 Å². The largest absolute Gasteiger partial charge is 0.478 e. The van der Waals surface area contributed by atoms with Crippen LogP contribution < -0.4 is 0 Å². The van der Waals surface area contributed by atoms with E-state index in [9.17, 15) is 13.6 Å². The molecule has 0 aromatic heterocycles. The van der Waals surface area contributed by atoms with E-state index < -0.39 is 17.6 Å². The van der Waals surface area contributed by atoms with E-state index in [0.717, 1.165) is 12.1 Å². The van der Waals surface area contributed by atoms with Gasteiger partial charge in [-0.05, 0) is 29.8 Å². The molecular formula is C14H9F2NO2. The minimum absolute atomic E-state index is 0.0429. The molecule has 0 saturated heterocycles. The highest BCUT2D eigenvalue weighted by molar-refractivity contribution is 5.95. The van der Waals surface area contributed by atoms with E-state index in [2.05, 4.69) is 4.99 Å². The van der Waals surface area contributed by atoms with E-state index in [0.29, 0.717) is 5.56 Å². The Bertz CT molecular complexity index is 654. The number of carboxylic acids is 1. The highest BCUT2D eigenvalue weighted by Gasteiger charge is 2.07. The van der Waals surface area contributed by atoms with Crippen molar-refractivity contribution >= 4 is 17.9 Å². The summed E-state index contributed by atoms with van der Waals surface area (Å²) in [5, 5.41) is 8.96. The number of benzene rings is 2. The Kier molecular flexibility index (Phi) is 3.66. The quantitative estimate of drug-likeness (QED) is 0.861. The zero-order valence-corrected chi connectivity index (χ0v) is 9.68. The average Bonchev–Trinajstić information content (AvgIpc) is 2.40. The summed E-state index contributed by atoms with van der Waals surface area (Å²) in [7, 11) is 0. The minimum atomic E-state index is -1.10. The molecule has 0 heterocycles. The molecule has 19 heavy (non-hydrogen) atoms. The van der Waals surface area contributed by atoms with Crippen molar-refractivity contribution in [1.82, 2.24) is 0 Å². The Morgan fingerprint density at radius 2 is 1.84 bits per heavy atom. The van der Waals surface area contributed by atoms with Crippen molar-refractivity contribution in [2.75, 3.05) is 0 Å². The lowest BCUT2D eigenvalue weighted by Gasteiger charge is -2.00. The molecule has 0 saturated carbocycles. The molecule has 0 radical (unpaired) electrons. The van der Waals surface area contributed by atoms with Crippen LogP contribution in [0.2, 0.25) is 0 Å². The van der Waals surface area contributed by atoms with Gasteiger partial charge in [-0.15, -0.1) is 0 Å². The SMILES string of the molecule is O=C(O)c1ccccc1N=Cc1ccc(F)c(F)c1. The van der Waals surface area contributed by atoms with Gasteiger partial charge in [-0.2, -0.15) is 0 Å². The first kappa shape index (κ1) is 12.9. The molecule has 2 aromatic carbocycles. The van der Waals surface area contributed by atoms with Gasteiger partial charge in [-0.3, -0.25) is 4.99 Å². The Hall–Kier alpha value is -2.56. The van der Waals surface area contributed by atoms with E-state index in [-0.39, 0.29) is 11.3 Å². The fourth-order valence-corrected chi connectivity index (χ4v) is 1.50. The summed E-state index contributed by atoms with van der Waals surface area (Å²) >= 11 is 0. The number of carbonyl (C=O) groups is 1. The Balaban J connectivity index is 2.32. The molecule has 3 nitrogen and oxygen atoms in total. The van der Waals surface area contributed by atoms with Crippen LogP contribution in [-0.4, -0.2) is 17.3 Å². The summed E-state index contributed by atoms with van der Waals surface area (Å²) in [5.41, 5.74) is 0.639. The maximum absolute atomic E-state index is 13.0. The van der Waals surface area contributed by atoms with E-state index in [1.165, 1.54) is 24.4 Å². The van der Waals surface area contributed by atoms with Gasteiger partial charge < -0.3 is 5.11 Å². The molecule has 0 atom stereocenters. The zero-order chi connectivity index (χ0) is 13.8. The minimum Gasteiger partial charge on any atom is -0.478 e. The molecule has 0 aliphatic carbocycles. The second-order valence-corrected chi connectivity index (χ2v) is 3.75. The first-order valence-electron chi connectivity index (χ1n) is 5.39. The highest BCUT2D eigenvalue weighted by atomic mass is 19.2. The second kappa shape index (κ2) is 5.39. The topological polar surface area (TPSA) is 49.7 Å². The van der Waals surface area contributed by atoms with Gasteiger partial charge in [0.15, 0.2) is 11.6 Å². The number of halogens is 2. The van der Waals surface area contributed by atoms with Crippen LogP contribution in [0.3, 0.4) is 0 Å². The molecule has 0 aliphatic rings. The summed E-state index contributed by atoms with van der Waals surface area (Å²) in [6.07, 6.45) is 1.28. The number of nitrogens with zero attached hydrogens (tertiary/aromatic N) is 1. The molecule has 2 rings (SSSR count). The molecule has 0 aliphatic heterocycles. The predicted molar refractivity (Wildman–Crippen MR) is 67.0 cm³/mol. The fourth-order valence-electron chi connectivity index (χ4n) is 1.50. The number of aromatic carboxylic acids is 1. The van der Waals surface area contributed by atoms with Crippen LogP contribution in [0.25, 0.3) is 0 Å². The summed E-state index contributed by atoms with van der Waals surface area (Å²) in [6, 6.07) is 9.50. The fraction of sp³-hybridized carbons (Fsp3) is 0. The Morgan fingerprint density at radius 1 is 1.11 bits per heavy atom. The smallest absolute Gasteiger partial charge is 0.337 e. The third-order valence-corrected chi connectivity index (χ3v) is 2.43. The van der Waals surface area contributed by atoms with Gasteiger partial charge in [-0.1, -0.05) is 18.2 Å². The Morgan fingerprint density at radius 3 is 2.53 bits per heavy atom. The van der Waals surface area contributed by atoms with Gasteiger partial charge >= 0.3 is 5.97 Å². The monoisotopic (exact) mass is 261 g/mol. The number of hydrogen-bond donors (Lipinski definition) is 1. The number of para-hydroxylation sites is 1. The maximum Gasteiger partial charge on any atom is 0.337 e. The molecule has 96 valence electrons. The lowest BCUT2D eigenvalue weighted by atomic mass is 10.2. The Labute approximate surface area is 107 Å². The molecule has 0 spiro atoms. The van der Waals surface area contributed by atoms with Crippen LogP contribution in [0.1, 0.15) is 15.9 Å². The van der Waals surface area contributed by atoms with Crippen LogP contribution >= 0.6 is 0 Å². The van der Waals surface area contributed by atoms with Crippen LogP contribution in [0.5, 0.6) is 0 Å². The van der Waals surface area contributed by atoms with Gasteiger partial charge in [0.2, 0.25) is 0 Å². The zero-order valence-electron chi connectivity index (χ0n) is 9.68. The second-order valence-electron chi connectivity index (χ2n) is 3.75. The van der Waals surface area contributed by atoms with Crippen molar-refractivity contribution in [3.8, 4) is 0 Å². The highest BCUT2D eigenvalue weighted by Crippen LogP contribution is 2.18. The van der Waals surface area contributed by atoms with Crippen molar-refractivity contribution < 1.29 is 18.7 Å². The lowest BCUT2D eigenvalue weighted by Crippen LogP contribution is -1.96. The summed E-state index contributed by atoms with van der Waals surface area (Å²) in [6.45, 7) is 0. The van der Waals surface area contributed by atoms with Gasteiger partial charge in [0.1, 0.15) is 0 Å². The van der Waals surface area contributed by atoms with Crippen molar-refractivity contribution in [3.63, 3.8) is 0 Å². The third-order valence-electron chi connectivity index (χ3n) is 2.43. The van der Waals surface area contributed by atoms with E-state index >= 15 is 0 Å². The van der Waals surface area contributed by atoms with Crippen molar-refractivity contribution in [2.45, 2.75) is 0 Å². The summed E-state index contributed by atoms with van der Waals surface area (Å²) in [5.74, 6) is -3.02. The van der Waals surface area contributed by atoms with E-state index in [4.69, 9.17) is 5.11 Å².